The summed E-state index contributed by atoms with van der Waals surface area (Å²) in [5.74, 6) is -1.96. The molecule has 0 spiro atoms. The van der Waals surface area contributed by atoms with Gasteiger partial charge in [-0.1, -0.05) is 0 Å². The molecule has 1 aliphatic rings. The van der Waals surface area contributed by atoms with Crippen molar-refractivity contribution in [3.8, 4) is 0 Å². The van der Waals surface area contributed by atoms with Crippen molar-refractivity contribution < 1.29 is 26.6 Å². The number of amides is 2. The summed E-state index contributed by atoms with van der Waals surface area (Å²) in [6, 6.07) is 0.488. The summed E-state index contributed by atoms with van der Waals surface area (Å²) in [7, 11) is -3.70. The molecule has 1 aromatic heterocycles. The van der Waals surface area contributed by atoms with Gasteiger partial charge in [0.25, 0.3) is 10.1 Å². The molecule has 1 aliphatic heterocycles. The lowest BCUT2D eigenvalue weighted by Gasteiger charge is -2.22. The number of hydrogen-bond acceptors (Lipinski definition) is 7. The number of rotatable bonds is 5. The van der Waals surface area contributed by atoms with E-state index in [-0.39, 0.29) is 30.1 Å². The Morgan fingerprint density at radius 1 is 1.50 bits per heavy atom. The molecule has 0 aliphatic carbocycles. The fourth-order valence-corrected chi connectivity index (χ4v) is 2.20. The van der Waals surface area contributed by atoms with Gasteiger partial charge >= 0.3 is 0 Å². The highest BCUT2D eigenvalue weighted by Crippen LogP contribution is 2.19. The molecule has 8 nitrogen and oxygen atoms in total. The first-order valence-corrected chi connectivity index (χ1v) is 8.16. The van der Waals surface area contributed by atoms with Crippen LogP contribution in [0.1, 0.15) is 18.4 Å². The Labute approximate surface area is 126 Å². The first-order chi connectivity index (χ1) is 10.3. The van der Waals surface area contributed by atoms with E-state index in [0.717, 1.165) is 6.26 Å². The van der Waals surface area contributed by atoms with Crippen molar-refractivity contribution >= 4 is 27.8 Å². The first-order valence-electron chi connectivity index (χ1n) is 6.34. The zero-order valence-corrected chi connectivity index (χ0v) is 12.4. The summed E-state index contributed by atoms with van der Waals surface area (Å²) in [6.07, 6.45) is 2.48. The number of nitrogens with zero attached hydrogens (tertiary/aromatic N) is 1. The van der Waals surface area contributed by atoms with E-state index in [4.69, 9.17) is 0 Å². The smallest absolute Gasteiger partial charge is 0.264 e. The van der Waals surface area contributed by atoms with Crippen LogP contribution < -0.4 is 10.6 Å². The van der Waals surface area contributed by atoms with Gasteiger partial charge in [0.1, 0.15) is 6.04 Å². The third-order valence-electron chi connectivity index (χ3n) is 2.95. The van der Waals surface area contributed by atoms with Gasteiger partial charge in [-0.25, -0.2) is 9.37 Å². The van der Waals surface area contributed by atoms with Gasteiger partial charge in [0.05, 0.1) is 12.9 Å². The van der Waals surface area contributed by atoms with Crippen LogP contribution >= 0.6 is 0 Å². The van der Waals surface area contributed by atoms with Crippen LogP contribution in [0.15, 0.2) is 12.3 Å². The number of imide groups is 1. The van der Waals surface area contributed by atoms with E-state index in [2.05, 4.69) is 19.8 Å². The standard InChI is InChI=1S/C12H14FN3O5S/c1-22(19,20)21-6-7-4-5-14-11(10(7)13)15-8-2-3-9(17)16-12(8)18/h4-5,8H,2-3,6H2,1H3,(H,14,15)(H,16,17,18). The Bertz CT molecular complexity index is 707. The van der Waals surface area contributed by atoms with Crippen molar-refractivity contribution in [1.82, 2.24) is 10.3 Å². The molecule has 2 amide bonds. The summed E-state index contributed by atoms with van der Waals surface area (Å²) in [4.78, 5) is 26.4. The van der Waals surface area contributed by atoms with Gasteiger partial charge in [0, 0.05) is 18.2 Å². The summed E-state index contributed by atoms with van der Waals surface area (Å²) in [5.41, 5.74) is -0.0183. The third-order valence-corrected chi connectivity index (χ3v) is 3.49. The fourth-order valence-electron chi connectivity index (χ4n) is 1.86. The lowest BCUT2D eigenvalue weighted by molar-refractivity contribution is -0.133. The number of pyridine rings is 1. The molecular weight excluding hydrogens is 317 g/mol. The molecule has 0 radical (unpaired) electrons. The van der Waals surface area contributed by atoms with Crippen LogP contribution in [0.25, 0.3) is 0 Å². The Morgan fingerprint density at radius 3 is 2.86 bits per heavy atom. The Balaban J connectivity index is 2.12. The van der Waals surface area contributed by atoms with Gasteiger partial charge in [0.15, 0.2) is 11.6 Å². The normalized spacial score (nSPS) is 18.9. The van der Waals surface area contributed by atoms with Crippen molar-refractivity contribution in [3.63, 3.8) is 0 Å². The quantitative estimate of drug-likeness (QED) is 0.572. The second-order valence-electron chi connectivity index (χ2n) is 4.75. The maximum Gasteiger partial charge on any atom is 0.264 e. The molecular formula is C12H14FN3O5S. The largest absolute Gasteiger partial charge is 0.356 e. The minimum atomic E-state index is -3.70. The summed E-state index contributed by atoms with van der Waals surface area (Å²) >= 11 is 0. The maximum absolute atomic E-state index is 14.2. The number of carbonyl (C=O) groups excluding carboxylic acids is 2. The second-order valence-corrected chi connectivity index (χ2v) is 6.39. The van der Waals surface area contributed by atoms with Crippen LogP contribution in [0, 0.1) is 5.82 Å². The topological polar surface area (TPSA) is 114 Å². The number of carbonyl (C=O) groups is 2. The summed E-state index contributed by atoms with van der Waals surface area (Å²) < 4.78 is 40.6. The van der Waals surface area contributed by atoms with E-state index in [1.54, 1.807) is 0 Å². The minimum absolute atomic E-state index is 0.0183. The van der Waals surface area contributed by atoms with Gasteiger partial charge in [-0.15, -0.1) is 0 Å². The number of anilines is 1. The number of halogens is 1. The molecule has 1 aromatic rings. The monoisotopic (exact) mass is 331 g/mol. The molecule has 1 saturated heterocycles. The second kappa shape index (κ2) is 6.36. The average molecular weight is 331 g/mol. The molecule has 120 valence electrons. The Hall–Kier alpha value is -2.07. The van der Waals surface area contributed by atoms with Gasteiger partial charge in [-0.05, 0) is 12.5 Å². The predicted octanol–water partition coefficient (Wildman–Crippen LogP) is -0.0860. The summed E-state index contributed by atoms with van der Waals surface area (Å²) in [5, 5.41) is 4.74. The summed E-state index contributed by atoms with van der Waals surface area (Å²) in [6.45, 7) is -0.475. The number of nitrogens with one attached hydrogen (secondary N) is 2. The van der Waals surface area contributed by atoms with Crippen molar-refractivity contribution in [2.24, 2.45) is 0 Å². The Kier molecular flexibility index (Phi) is 4.71. The lowest BCUT2D eigenvalue weighted by Crippen LogP contribution is -2.47. The van der Waals surface area contributed by atoms with Crippen LogP contribution in [0.4, 0.5) is 10.2 Å². The van der Waals surface area contributed by atoms with Gasteiger partial charge in [-0.2, -0.15) is 8.42 Å². The molecule has 10 heteroatoms. The molecule has 0 saturated carbocycles. The molecule has 1 unspecified atom stereocenters. The van der Waals surface area contributed by atoms with E-state index in [9.17, 15) is 22.4 Å². The zero-order valence-electron chi connectivity index (χ0n) is 11.6. The molecule has 22 heavy (non-hydrogen) atoms. The SMILES string of the molecule is CS(=O)(=O)OCc1ccnc(NC2CCC(=O)NC2=O)c1F. The molecule has 0 bridgehead atoms. The first kappa shape index (κ1) is 16.3. The van der Waals surface area contributed by atoms with Crippen molar-refractivity contribution in [2.75, 3.05) is 11.6 Å². The van der Waals surface area contributed by atoms with Crippen LogP contribution in [0.3, 0.4) is 0 Å². The van der Waals surface area contributed by atoms with Gasteiger partial charge in [-0.3, -0.25) is 19.1 Å². The number of piperidine rings is 1. The highest BCUT2D eigenvalue weighted by molar-refractivity contribution is 7.85. The molecule has 1 fully saturated rings. The highest BCUT2D eigenvalue weighted by atomic mass is 32.2. The van der Waals surface area contributed by atoms with E-state index in [1.807, 2.05) is 0 Å². The maximum atomic E-state index is 14.2. The molecule has 1 atom stereocenters. The van der Waals surface area contributed by atoms with Crippen molar-refractivity contribution in [1.29, 1.82) is 0 Å². The van der Waals surface area contributed by atoms with E-state index in [1.165, 1.54) is 12.3 Å². The average Bonchev–Trinajstić information content (AvgIpc) is 2.41. The number of hydrogen-bond donors (Lipinski definition) is 2. The van der Waals surface area contributed by atoms with Crippen molar-refractivity contribution in [2.45, 2.75) is 25.5 Å². The Morgan fingerprint density at radius 2 is 2.23 bits per heavy atom. The van der Waals surface area contributed by atoms with Crippen LogP contribution in [0.5, 0.6) is 0 Å². The highest BCUT2D eigenvalue weighted by Gasteiger charge is 2.27. The molecule has 2 N–H and O–H groups in total. The number of aromatic nitrogens is 1. The van der Waals surface area contributed by atoms with E-state index < -0.39 is 34.5 Å². The zero-order chi connectivity index (χ0) is 16.3. The predicted molar refractivity (Wildman–Crippen MR) is 73.6 cm³/mol. The van der Waals surface area contributed by atoms with Crippen LogP contribution in [-0.2, 0) is 30.5 Å². The van der Waals surface area contributed by atoms with Gasteiger partial charge in [0.2, 0.25) is 11.8 Å². The third kappa shape index (κ3) is 4.21. The molecule has 0 aromatic carbocycles. The van der Waals surface area contributed by atoms with Crippen LogP contribution in [0.2, 0.25) is 0 Å². The van der Waals surface area contributed by atoms with E-state index >= 15 is 0 Å². The van der Waals surface area contributed by atoms with Crippen LogP contribution in [-0.4, -0.2) is 37.5 Å². The molecule has 2 rings (SSSR count). The van der Waals surface area contributed by atoms with E-state index in [0.29, 0.717) is 0 Å². The minimum Gasteiger partial charge on any atom is -0.356 e. The van der Waals surface area contributed by atoms with Crippen molar-refractivity contribution in [3.05, 3.63) is 23.6 Å². The molecule has 2 heterocycles. The fraction of sp³-hybridized carbons (Fsp3) is 0.417. The van der Waals surface area contributed by atoms with Gasteiger partial charge < -0.3 is 5.32 Å². The lowest BCUT2D eigenvalue weighted by atomic mass is 10.1.